The number of oxime groups is 1. The third-order valence-corrected chi connectivity index (χ3v) is 9.73. The molecule has 18 nitrogen and oxygen atoms in total. The number of carboxylic acids is 1. The van der Waals surface area contributed by atoms with Crippen LogP contribution in [0.25, 0.3) is 0 Å². The molecule has 0 bridgehead atoms. The van der Waals surface area contributed by atoms with Gasteiger partial charge in [-0.3, -0.25) is 19.6 Å². The summed E-state index contributed by atoms with van der Waals surface area (Å²) < 4.78 is 41.7. The van der Waals surface area contributed by atoms with Crippen molar-refractivity contribution < 1.29 is 46.3 Å². The number of anilines is 1. The summed E-state index contributed by atoms with van der Waals surface area (Å²) in [5.74, 6) is -2.76. The number of benzene rings is 1. The Balaban J connectivity index is 1.30. The van der Waals surface area contributed by atoms with Crippen molar-refractivity contribution in [2.75, 3.05) is 18.8 Å². The number of aromatic nitrogens is 1. The number of β-lactam (4-membered cyclic amide) rings is 1. The number of carbonyl (C=O) groups is 3. The van der Waals surface area contributed by atoms with Gasteiger partial charge in [-0.05, 0) is 83.2 Å². The van der Waals surface area contributed by atoms with E-state index < -0.39 is 57.2 Å². The van der Waals surface area contributed by atoms with Gasteiger partial charge in [0, 0.05) is 23.5 Å². The molecule has 266 valence electrons. The van der Waals surface area contributed by atoms with E-state index in [1.165, 1.54) is 26.2 Å². The Hall–Kier alpha value is -4.37. The second-order valence-electron chi connectivity index (χ2n) is 12.6. The Kier molecular flexibility index (Phi) is 10.2. The van der Waals surface area contributed by atoms with Crippen molar-refractivity contribution in [2.24, 2.45) is 5.16 Å². The monoisotopic (exact) mass is 722 g/mol. The van der Waals surface area contributed by atoms with E-state index in [9.17, 15) is 27.9 Å². The Morgan fingerprint density at radius 2 is 2.10 bits per heavy atom. The van der Waals surface area contributed by atoms with Gasteiger partial charge in [-0.2, -0.15) is 13.5 Å². The number of carboxylic acid groups (broad SMARTS) is 1. The van der Waals surface area contributed by atoms with Gasteiger partial charge in [-0.25, -0.2) is 9.78 Å². The number of nitrogen functional groups attached to an aromatic ring is 1. The van der Waals surface area contributed by atoms with Crippen molar-refractivity contribution in [1.29, 1.82) is 5.41 Å². The van der Waals surface area contributed by atoms with Crippen molar-refractivity contribution in [2.45, 2.75) is 82.2 Å². The van der Waals surface area contributed by atoms with Crippen LogP contribution in [0.5, 0.6) is 5.75 Å². The highest BCUT2D eigenvalue weighted by Crippen LogP contribution is 2.35. The number of rotatable bonds is 13. The highest BCUT2D eigenvalue weighted by Gasteiger charge is 2.58. The Morgan fingerprint density at radius 3 is 2.71 bits per heavy atom. The minimum absolute atomic E-state index is 0.0602. The van der Waals surface area contributed by atoms with Crippen LogP contribution in [0.3, 0.4) is 0 Å². The molecule has 2 fully saturated rings. The fourth-order valence-corrected chi connectivity index (χ4v) is 6.81. The third-order valence-electron chi connectivity index (χ3n) is 8.72. The minimum Gasteiger partial charge on any atom is -0.485 e. The molecule has 20 heteroatoms. The van der Waals surface area contributed by atoms with Gasteiger partial charge in [0.2, 0.25) is 0 Å². The number of amidine groups is 1. The number of aryl methyl sites for hydroxylation is 1. The van der Waals surface area contributed by atoms with Gasteiger partial charge < -0.3 is 36.4 Å². The smallest absolute Gasteiger partial charge is 0.418 e. The van der Waals surface area contributed by atoms with Gasteiger partial charge in [0.05, 0.1) is 5.54 Å². The number of ether oxygens (including phenoxy) is 1. The predicted molar refractivity (Wildman–Crippen MR) is 175 cm³/mol. The zero-order valence-corrected chi connectivity index (χ0v) is 28.5. The van der Waals surface area contributed by atoms with Crippen LogP contribution in [0.4, 0.5) is 5.13 Å². The highest BCUT2D eigenvalue weighted by atomic mass is 32.3. The SMILES string of the molecule is CC1(C)[C@H](NC(=O)/C(=N\O[C@](C)(C(=O)O)[C@H]2CCc3cc(C(=N)NCC[C@H]4CCCN4)ccc3O2)c2csc(N)n2)C(=O)N1OS(=O)(=O)O. The van der Waals surface area contributed by atoms with Gasteiger partial charge in [-0.15, -0.1) is 15.6 Å². The lowest BCUT2D eigenvalue weighted by Gasteiger charge is -2.50. The fraction of sp³-hybridized carbons (Fsp3) is 0.517. The summed E-state index contributed by atoms with van der Waals surface area (Å²) in [5, 5.41) is 33.4. The summed E-state index contributed by atoms with van der Waals surface area (Å²) in [7, 11) is -5.03. The van der Waals surface area contributed by atoms with E-state index in [0.717, 1.165) is 42.7 Å². The van der Waals surface area contributed by atoms with Gasteiger partial charge in [0.25, 0.3) is 17.4 Å². The summed E-state index contributed by atoms with van der Waals surface area (Å²) in [6, 6.07) is 4.32. The van der Waals surface area contributed by atoms with Crippen LogP contribution in [0.15, 0.2) is 28.7 Å². The Labute approximate surface area is 285 Å². The lowest BCUT2D eigenvalue weighted by molar-refractivity contribution is -0.218. The standard InChI is InChI=1S/C29H38N8O10S2/c1-28(2)22(25(39)37(28)47-49(42,43)44)35-24(38)21(18-14-48-27(31)34-18)36-46-29(3,26(40)41)20-9-7-15-13-16(6-8-19(15)45-20)23(30)33-12-10-17-5-4-11-32-17/h6,8,13-14,17,20,22,32H,4-5,7,9-12H2,1-3H3,(H2,30,33)(H2,31,34)(H,35,38)(H,40,41)(H,42,43,44)/b36-21-/t17-,20-,22-,29+/m1/s1. The molecule has 0 saturated carbocycles. The van der Waals surface area contributed by atoms with Crippen LogP contribution in [0, 0.1) is 5.41 Å². The summed E-state index contributed by atoms with van der Waals surface area (Å²) in [6.45, 7) is 5.66. The average Bonchev–Trinajstić information content (AvgIpc) is 3.73. The van der Waals surface area contributed by atoms with Crippen LogP contribution >= 0.6 is 11.3 Å². The van der Waals surface area contributed by atoms with E-state index in [1.807, 2.05) is 6.07 Å². The third kappa shape index (κ3) is 7.77. The summed E-state index contributed by atoms with van der Waals surface area (Å²) >= 11 is 0.966. The molecule has 8 N–H and O–H groups in total. The number of thiazole rings is 1. The molecule has 1 aromatic heterocycles. The first kappa shape index (κ1) is 35.9. The molecular weight excluding hydrogens is 684 g/mol. The van der Waals surface area contributed by atoms with Crippen molar-refractivity contribution in [3.8, 4) is 5.75 Å². The first-order chi connectivity index (χ1) is 23.0. The lowest BCUT2D eigenvalue weighted by Crippen LogP contribution is -2.76. The summed E-state index contributed by atoms with van der Waals surface area (Å²) in [4.78, 5) is 48.3. The molecule has 0 unspecified atom stereocenters. The first-order valence-corrected chi connectivity index (χ1v) is 17.6. The van der Waals surface area contributed by atoms with Gasteiger partial charge >= 0.3 is 16.4 Å². The average molecular weight is 723 g/mol. The van der Waals surface area contributed by atoms with E-state index in [4.69, 9.17) is 25.3 Å². The molecular formula is C29H38N8O10S2. The summed E-state index contributed by atoms with van der Waals surface area (Å²) in [6.07, 6.45) is 2.73. The van der Waals surface area contributed by atoms with Crippen LogP contribution in [0.1, 0.15) is 63.3 Å². The van der Waals surface area contributed by atoms with E-state index in [-0.39, 0.29) is 23.1 Å². The van der Waals surface area contributed by atoms with E-state index in [2.05, 4.69) is 30.4 Å². The largest absolute Gasteiger partial charge is 0.485 e. The van der Waals surface area contributed by atoms with Gasteiger partial charge in [0.1, 0.15) is 23.3 Å². The van der Waals surface area contributed by atoms with Gasteiger partial charge in [0.15, 0.2) is 16.9 Å². The van der Waals surface area contributed by atoms with E-state index >= 15 is 0 Å². The maximum Gasteiger partial charge on any atom is 0.418 e. The Morgan fingerprint density at radius 1 is 1.35 bits per heavy atom. The lowest BCUT2D eigenvalue weighted by atomic mass is 9.84. The van der Waals surface area contributed by atoms with E-state index in [1.54, 1.807) is 12.1 Å². The van der Waals surface area contributed by atoms with Crippen LogP contribution in [0.2, 0.25) is 0 Å². The number of aliphatic carboxylic acids is 1. The number of fused-ring (bicyclic) bond motifs is 1. The molecule has 49 heavy (non-hydrogen) atoms. The molecule has 3 aliphatic heterocycles. The van der Waals surface area contributed by atoms with E-state index in [0.29, 0.717) is 35.4 Å². The number of amides is 2. The quantitative estimate of drug-likeness (QED) is 0.0490. The number of hydrogen-bond donors (Lipinski definition) is 7. The van der Waals surface area contributed by atoms with Crippen molar-refractivity contribution in [1.82, 2.24) is 26.0 Å². The van der Waals surface area contributed by atoms with Crippen molar-refractivity contribution in [3.63, 3.8) is 0 Å². The Bertz CT molecular complexity index is 1780. The molecule has 2 aromatic rings. The number of nitrogens with zero attached hydrogens (tertiary/aromatic N) is 3. The maximum atomic E-state index is 13.4. The molecule has 2 amide bonds. The molecule has 4 heterocycles. The molecule has 3 aliphatic rings. The zero-order chi connectivity index (χ0) is 35.7. The second kappa shape index (κ2) is 13.9. The highest BCUT2D eigenvalue weighted by molar-refractivity contribution is 7.80. The molecule has 1 aromatic carbocycles. The normalized spacial score (nSPS) is 23.0. The minimum atomic E-state index is -5.03. The van der Waals surface area contributed by atoms with Gasteiger partial charge in [-0.1, -0.05) is 5.16 Å². The van der Waals surface area contributed by atoms with Crippen molar-refractivity contribution >= 4 is 56.2 Å². The molecule has 5 rings (SSSR count). The molecule has 0 radical (unpaired) electrons. The number of hydrogen-bond acceptors (Lipinski definition) is 14. The molecule has 0 spiro atoms. The van der Waals surface area contributed by atoms with Crippen LogP contribution in [-0.2, 0) is 40.3 Å². The number of carbonyl (C=O) groups excluding carboxylic acids is 2. The number of hydroxylamine groups is 2. The van der Waals surface area contributed by atoms with Crippen molar-refractivity contribution in [3.05, 3.63) is 40.4 Å². The number of nitrogens with two attached hydrogens (primary N) is 1. The zero-order valence-electron chi connectivity index (χ0n) is 26.9. The number of nitrogens with one attached hydrogen (secondary N) is 4. The maximum absolute atomic E-state index is 13.4. The first-order valence-electron chi connectivity index (χ1n) is 15.4. The topological polar surface area (TPSA) is 268 Å². The van der Waals surface area contributed by atoms with Crippen LogP contribution < -0.4 is 26.4 Å². The molecule has 2 saturated heterocycles. The summed E-state index contributed by atoms with van der Waals surface area (Å²) in [5.41, 5.74) is 3.06. The second-order valence-corrected chi connectivity index (χ2v) is 14.5. The van der Waals surface area contributed by atoms with Crippen LogP contribution in [-0.4, -0.2) is 99.9 Å². The predicted octanol–water partition coefficient (Wildman–Crippen LogP) is 0.580. The molecule has 4 atom stereocenters. The fourth-order valence-electron chi connectivity index (χ4n) is 5.80. The molecule has 0 aliphatic carbocycles.